The molecule has 0 spiro atoms. The lowest BCUT2D eigenvalue weighted by atomic mass is 10.1. The fourth-order valence-electron chi connectivity index (χ4n) is 2.34. The van der Waals surface area contributed by atoms with Crippen LogP contribution >= 0.6 is 0 Å². The zero-order valence-corrected chi connectivity index (χ0v) is 11.9. The van der Waals surface area contributed by atoms with Crippen LogP contribution in [0, 0.1) is 0 Å². The van der Waals surface area contributed by atoms with E-state index in [-0.39, 0.29) is 5.91 Å². The standard InChI is InChI=1S/C17H17N3O/c1-2-13-6-8-14(9-7-13)19-17(21)12-15-4-3-5-16-18-10-11-20(15)16/h3-11H,2,12H2,1H3,(H,19,21). The smallest absolute Gasteiger partial charge is 0.230 e. The number of amides is 1. The minimum atomic E-state index is -0.0274. The Labute approximate surface area is 123 Å². The van der Waals surface area contributed by atoms with Crippen LogP contribution in [0.4, 0.5) is 5.69 Å². The van der Waals surface area contributed by atoms with Crippen LogP contribution in [0.2, 0.25) is 0 Å². The number of fused-ring (bicyclic) bond motifs is 1. The molecule has 4 heteroatoms. The van der Waals surface area contributed by atoms with Crippen LogP contribution in [0.3, 0.4) is 0 Å². The van der Waals surface area contributed by atoms with Gasteiger partial charge >= 0.3 is 0 Å². The number of carbonyl (C=O) groups excluding carboxylic acids is 1. The zero-order chi connectivity index (χ0) is 14.7. The van der Waals surface area contributed by atoms with E-state index in [1.165, 1.54) is 5.56 Å². The number of imidazole rings is 1. The van der Waals surface area contributed by atoms with Crippen molar-refractivity contribution >= 4 is 17.2 Å². The Hall–Kier alpha value is -2.62. The average Bonchev–Trinajstić information content (AvgIpc) is 2.97. The Balaban J connectivity index is 1.72. The SMILES string of the molecule is CCc1ccc(NC(=O)Cc2cccc3nccn23)cc1. The molecule has 21 heavy (non-hydrogen) atoms. The summed E-state index contributed by atoms with van der Waals surface area (Å²) in [6.07, 6.45) is 4.92. The first-order valence-electron chi connectivity index (χ1n) is 7.06. The first kappa shape index (κ1) is 13.4. The van der Waals surface area contributed by atoms with Gasteiger partial charge < -0.3 is 9.72 Å². The fraction of sp³-hybridized carbons (Fsp3) is 0.176. The van der Waals surface area contributed by atoms with Crippen LogP contribution in [0.1, 0.15) is 18.2 Å². The van der Waals surface area contributed by atoms with Crippen LogP contribution in [-0.4, -0.2) is 15.3 Å². The first-order valence-corrected chi connectivity index (χ1v) is 7.06. The van der Waals surface area contributed by atoms with Crippen molar-refractivity contribution in [3.63, 3.8) is 0 Å². The largest absolute Gasteiger partial charge is 0.326 e. The van der Waals surface area contributed by atoms with Crippen LogP contribution in [-0.2, 0) is 17.6 Å². The molecule has 1 amide bonds. The molecule has 3 rings (SSSR count). The second-order valence-electron chi connectivity index (χ2n) is 4.95. The Morgan fingerprint density at radius 2 is 2.00 bits per heavy atom. The summed E-state index contributed by atoms with van der Waals surface area (Å²) in [7, 11) is 0. The molecule has 0 aliphatic carbocycles. The first-order chi connectivity index (χ1) is 10.3. The Bertz CT molecular complexity index is 759. The topological polar surface area (TPSA) is 46.4 Å². The number of rotatable bonds is 4. The van der Waals surface area contributed by atoms with Gasteiger partial charge in [0.25, 0.3) is 0 Å². The molecule has 0 saturated carbocycles. The molecule has 3 aromatic rings. The lowest BCUT2D eigenvalue weighted by Crippen LogP contribution is -2.16. The number of pyridine rings is 1. The number of benzene rings is 1. The molecule has 0 radical (unpaired) electrons. The Morgan fingerprint density at radius 3 is 2.76 bits per heavy atom. The monoisotopic (exact) mass is 279 g/mol. The normalized spacial score (nSPS) is 10.7. The molecular formula is C17H17N3O. The van der Waals surface area contributed by atoms with E-state index < -0.39 is 0 Å². The maximum Gasteiger partial charge on any atom is 0.230 e. The maximum atomic E-state index is 12.2. The van der Waals surface area contributed by atoms with Gasteiger partial charge in [-0.2, -0.15) is 0 Å². The zero-order valence-electron chi connectivity index (χ0n) is 11.9. The van der Waals surface area contributed by atoms with E-state index in [0.717, 1.165) is 23.4 Å². The van der Waals surface area contributed by atoms with Crippen LogP contribution in [0.15, 0.2) is 54.9 Å². The molecule has 106 valence electrons. The molecule has 2 aromatic heterocycles. The predicted octanol–water partition coefficient (Wildman–Crippen LogP) is 3.08. The summed E-state index contributed by atoms with van der Waals surface area (Å²) in [5.41, 5.74) is 3.87. The molecule has 2 heterocycles. The highest BCUT2D eigenvalue weighted by atomic mass is 16.1. The Morgan fingerprint density at radius 1 is 1.19 bits per heavy atom. The van der Waals surface area contributed by atoms with Gasteiger partial charge in [0.05, 0.1) is 6.42 Å². The molecule has 0 fully saturated rings. The third-order valence-electron chi connectivity index (χ3n) is 3.50. The van der Waals surface area contributed by atoms with Crippen molar-refractivity contribution in [3.05, 3.63) is 66.1 Å². The van der Waals surface area contributed by atoms with E-state index in [1.54, 1.807) is 6.20 Å². The number of nitrogens with zero attached hydrogens (tertiary/aromatic N) is 2. The van der Waals surface area contributed by atoms with Crippen molar-refractivity contribution in [2.75, 3.05) is 5.32 Å². The second-order valence-corrected chi connectivity index (χ2v) is 4.95. The summed E-state index contributed by atoms with van der Waals surface area (Å²) in [5, 5.41) is 2.93. The maximum absolute atomic E-state index is 12.2. The second kappa shape index (κ2) is 5.79. The molecule has 1 N–H and O–H groups in total. The van der Waals surface area contributed by atoms with Gasteiger partial charge in [0.1, 0.15) is 5.65 Å². The highest BCUT2D eigenvalue weighted by Gasteiger charge is 2.07. The van der Waals surface area contributed by atoms with E-state index in [9.17, 15) is 4.79 Å². The highest BCUT2D eigenvalue weighted by Crippen LogP contribution is 2.12. The van der Waals surface area contributed by atoms with Gasteiger partial charge in [-0.15, -0.1) is 0 Å². The summed E-state index contributed by atoms with van der Waals surface area (Å²) in [6, 6.07) is 13.7. The number of aromatic nitrogens is 2. The number of hydrogen-bond donors (Lipinski definition) is 1. The van der Waals surface area contributed by atoms with E-state index >= 15 is 0 Å². The number of nitrogens with one attached hydrogen (secondary N) is 1. The third kappa shape index (κ3) is 2.94. The number of aryl methyl sites for hydroxylation is 1. The molecule has 0 saturated heterocycles. The Kier molecular flexibility index (Phi) is 3.69. The third-order valence-corrected chi connectivity index (χ3v) is 3.50. The number of hydrogen-bond acceptors (Lipinski definition) is 2. The summed E-state index contributed by atoms with van der Waals surface area (Å²) in [6.45, 7) is 2.11. The molecular weight excluding hydrogens is 262 g/mol. The average molecular weight is 279 g/mol. The van der Waals surface area contributed by atoms with Crippen LogP contribution < -0.4 is 5.32 Å². The van der Waals surface area contributed by atoms with Crippen molar-refractivity contribution in [1.82, 2.24) is 9.38 Å². The molecule has 1 aromatic carbocycles. The summed E-state index contributed by atoms with van der Waals surface area (Å²) < 4.78 is 1.93. The van der Waals surface area contributed by atoms with Crippen molar-refractivity contribution < 1.29 is 4.79 Å². The lowest BCUT2D eigenvalue weighted by molar-refractivity contribution is -0.115. The van der Waals surface area contributed by atoms with Gasteiger partial charge in [-0.3, -0.25) is 4.79 Å². The van der Waals surface area contributed by atoms with Crippen molar-refractivity contribution in [3.8, 4) is 0 Å². The van der Waals surface area contributed by atoms with Crippen molar-refractivity contribution in [1.29, 1.82) is 0 Å². The van der Waals surface area contributed by atoms with Crippen LogP contribution in [0.5, 0.6) is 0 Å². The number of anilines is 1. The predicted molar refractivity (Wildman–Crippen MR) is 83.3 cm³/mol. The van der Waals surface area contributed by atoms with Gasteiger partial charge in [-0.1, -0.05) is 25.1 Å². The molecule has 0 unspecified atom stereocenters. The van der Waals surface area contributed by atoms with Gasteiger partial charge in [0.15, 0.2) is 0 Å². The highest BCUT2D eigenvalue weighted by molar-refractivity contribution is 5.92. The van der Waals surface area contributed by atoms with Gasteiger partial charge in [-0.25, -0.2) is 4.98 Å². The van der Waals surface area contributed by atoms with Crippen molar-refractivity contribution in [2.24, 2.45) is 0 Å². The summed E-state index contributed by atoms with van der Waals surface area (Å²) >= 11 is 0. The lowest BCUT2D eigenvalue weighted by Gasteiger charge is -2.08. The van der Waals surface area contributed by atoms with Gasteiger partial charge in [0.2, 0.25) is 5.91 Å². The summed E-state index contributed by atoms with van der Waals surface area (Å²) in [5.74, 6) is -0.0274. The quantitative estimate of drug-likeness (QED) is 0.797. The van der Waals surface area contributed by atoms with E-state index in [2.05, 4.69) is 17.2 Å². The van der Waals surface area contributed by atoms with Gasteiger partial charge in [0, 0.05) is 23.8 Å². The van der Waals surface area contributed by atoms with Crippen LogP contribution in [0.25, 0.3) is 5.65 Å². The molecule has 4 nitrogen and oxygen atoms in total. The minimum absolute atomic E-state index is 0.0274. The molecule has 0 aliphatic rings. The van der Waals surface area contributed by atoms with E-state index in [0.29, 0.717) is 6.42 Å². The van der Waals surface area contributed by atoms with E-state index in [1.807, 2.05) is 53.1 Å². The van der Waals surface area contributed by atoms with Gasteiger partial charge in [-0.05, 0) is 36.2 Å². The summed E-state index contributed by atoms with van der Waals surface area (Å²) in [4.78, 5) is 16.4. The van der Waals surface area contributed by atoms with E-state index in [4.69, 9.17) is 0 Å². The minimum Gasteiger partial charge on any atom is -0.326 e. The molecule has 0 bridgehead atoms. The van der Waals surface area contributed by atoms with Crippen molar-refractivity contribution in [2.45, 2.75) is 19.8 Å². The fourth-order valence-corrected chi connectivity index (χ4v) is 2.34. The molecule has 0 aliphatic heterocycles. The molecule has 0 atom stereocenters. The number of carbonyl (C=O) groups is 1.